The summed E-state index contributed by atoms with van der Waals surface area (Å²) >= 11 is 0. The van der Waals surface area contributed by atoms with E-state index in [1.807, 2.05) is 84.7 Å². The third-order valence-electron chi connectivity index (χ3n) is 6.60. The number of ether oxygens (including phenoxy) is 1. The van der Waals surface area contributed by atoms with Gasteiger partial charge in [-0.2, -0.15) is 4.98 Å². The second kappa shape index (κ2) is 12.9. The first-order chi connectivity index (χ1) is 19.6. The number of rotatable bonds is 11. The minimum Gasteiger partial charge on any atom is -0.472 e. The molecule has 5 rings (SSSR count). The van der Waals surface area contributed by atoms with Crippen LogP contribution in [0.3, 0.4) is 0 Å². The molecule has 0 saturated carbocycles. The van der Waals surface area contributed by atoms with Crippen LogP contribution in [0.5, 0.6) is 5.88 Å². The molecule has 0 amide bonds. The fraction of sp³-hybridized carbons (Fsp3) is 0.182. The number of pyridine rings is 1. The summed E-state index contributed by atoms with van der Waals surface area (Å²) in [5.74, 6) is 1.87. The van der Waals surface area contributed by atoms with Crippen LogP contribution in [0.1, 0.15) is 23.6 Å². The van der Waals surface area contributed by atoms with Gasteiger partial charge in [-0.1, -0.05) is 84.9 Å². The molecule has 0 fully saturated rings. The minimum atomic E-state index is 0.0358. The number of hydrogen-bond donors (Lipinski definition) is 2. The predicted molar refractivity (Wildman–Crippen MR) is 160 cm³/mol. The van der Waals surface area contributed by atoms with E-state index >= 15 is 0 Å². The first-order valence-electron chi connectivity index (χ1n) is 13.3. The van der Waals surface area contributed by atoms with E-state index < -0.39 is 0 Å². The Labute approximate surface area is 235 Å². The zero-order valence-corrected chi connectivity index (χ0v) is 22.7. The van der Waals surface area contributed by atoms with E-state index in [-0.39, 0.29) is 12.6 Å². The average molecular weight is 532 g/mol. The van der Waals surface area contributed by atoms with Crippen LogP contribution in [0.15, 0.2) is 109 Å². The smallest absolute Gasteiger partial charge is 0.224 e. The first kappa shape index (κ1) is 26.8. The Morgan fingerprint density at radius 3 is 2.35 bits per heavy atom. The normalized spacial score (nSPS) is 11.6. The zero-order chi connectivity index (χ0) is 27.7. The summed E-state index contributed by atoms with van der Waals surface area (Å²) in [6.07, 6.45) is 4.34. The maximum atomic E-state index is 9.43. The van der Waals surface area contributed by atoms with Crippen LogP contribution in [0.4, 0.5) is 17.5 Å². The second-order valence-corrected chi connectivity index (χ2v) is 9.71. The van der Waals surface area contributed by atoms with Crippen LogP contribution < -0.4 is 15.0 Å². The van der Waals surface area contributed by atoms with E-state index in [2.05, 4.69) is 41.5 Å². The van der Waals surface area contributed by atoms with Crippen molar-refractivity contribution in [2.75, 3.05) is 17.3 Å². The SMILES string of the molecule is CC(Cc1cccc(CO)c1)Nc1nccc(N(C)c2cnc(OCc3ccccc3)c(-c3ccccc3)c2)n1. The predicted octanol–water partition coefficient (Wildman–Crippen LogP) is 6.42. The molecule has 7 heteroatoms. The van der Waals surface area contributed by atoms with Gasteiger partial charge in [0.25, 0.3) is 0 Å². The highest BCUT2D eigenvalue weighted by molar-refractivity contribution is 5.74. The van der Waals surface area contributed by atoms with E-state index in [0.717, 1.165) is 45.7 Å². The van der Waals surface area contributed by atoms with Crippen LogP contribution in [-0.2, 0) is 19.6 Å². The Hall–Kier alpha value is -4.75. The molecule has 2 heterocycles. The quantitative estimate of drug-likeness (QED) is 0.203. The van der Waals surface area contributed by atoms with Crippen molar-refractivity contribution in [2.24, 2.45) is 0 Å². The lowest BCUT2D eigenvalue weighted by Crippen LogP contribution is -2.21. The highest BCUT2D eigenvalue weighted by atomic mass is 16.5. The molecule has 202 valence electrons. The summed E-state index contributed by atoms with van der Waals surface area (Å²) in [4.78, 5) is 15.9. The van der Waals surface area contributed by atoms with Gasteiger partial charge in [0.2, 0.25) is 11.8 Å². The third-order valence-corrected chi connectivity index (χ3v) is 6.60. The molecule has 0 aliphatic rings. The van der Waals surface area contributed by atoms with Gasteiger partial charge in [0, 0.05) is 24.8 Å². The molecule has 2 N–H and O–H groups in total. The molecule has 1 unspecified atom stereocenters. The van der Waals surface area contributed by atoms with E-state index in [4.69, 9.17) is 14.7 Å². The van der Waals surface area contributed by atoms with Gasteiger partial charge >= 0.3 is 0 Å². The largest absolute Gasteiger partial charge is 0.472 e. The average Bonchev–Trinajstić information content (AvgIpc) is 3.00. The van der Waals surface area contributed by atoms with E-state index in [0.29, 0.717) is 18.4 Å². The van der Waals surface area contributed by atoms with Crippen molar-refractivity contribution < 1.29 is 9.84 Å². The van der Waals surface area contributed by atoms with Gasteiger partial charge < -0.3 is 20.1 Å². The molecule has 0 spiro atoms. The van der Waals surface area contributed by atoms with Crippen molar-refractivity contribution in [3.8, 4) is 17.0 Å². The summed E-state index contributed by atoms with van der Waals surface area (Å²) in [6, 6.07) is 32.2. The maximum absolute atomic E-state index is 9.43. The maximum Gasteiger partial charge on any atom is 0.224 e. The number of anilines is 3. The fourth-order valence-corrected chi connectivity index (χ4v) is 4.51. The lowest BCUT2D eigenvalue weighted by molar-refractivity contribution is 0.281. The summed E-state index contributed by atoms with van der Waals surface area (Å²) in [5, 5.41) is 12.8. The molecule has 2 aromatic heterocycles. The molecule has 0 aliphatic heterocycles. The van der Waals surface area contributed by atoms with Gasteiger partial charge in [0.1, 0.15) is 12.4 Å². The van der Waals surface area contributed by atoms with E-state index in [1.54, 1.807) is 12.4 Å². The van der Waals surface area contributed by atoms with Crippen molar-refractivity contribution in [1.29, 1.82) is 0 Å². The molecule has 0 radical (unpaired) electrons. The molecule has 40 heavy (non-hydrogen) atoms. The molecule has 0 aliphatic carbocycles. The number of aromatic nitrogens is 3. The van der Waals surface area contributed by atoms with Gasteiger partial charge in [-0.15, -0.1) is 0 Å². The van der Waals surface area contributed by atoms with Crippen LogP contribution in [0.2, 0.25) is 0 Å². The number of benzene rings is 3. The van der Waals surface area contributed by atoms with Gasteiger partial charge in [0.05, 0.1) is 18.5 Å². The Balaban J connectivity index is 1.34. The van der Waals surface area contributed by atoms with E-state index in [1.165, 1.54) is 0 Å². The number of hydrogen-bond acceptors (Lipinski definition) is 7. The Morgan fingerprint density at radius 1 is 0.850 bits per heavy atom. The summed E-state index contributed by atoms with van der Waals surface area (Å²) in [7, 11) is 1.96. The Bertz CT molecular complexity index is 1530. The molecular weight excluding hydrogens is 498 g/mol. The molecule has 0 bridgehead atoms. The molecule has 0 saturated heterocycles. The monoisotopic (exact) mass is 531 g/mol. The van der Waals surface area contributed by atoms with Crippen molar-refractivity contribution in [3.05, 3.63) is 126 Å². The van der Waals surface area contributed by atoms with E-state index in [9.17, 15) is 5.11 Å². The number of aliphatic hydroxyl groups is 1. The van der Waals surface area contributed by atoms with Crippen LogP contribution in [-0.4, -0.2) is 33.1 Å². The molecule has 7 nitrogen and oxygen atoms in total. The molecule has 1 atom stereocenters. The topological polar surface area (TPSA) is 83.4 Å². The van der Waals surface area contributed by atoms with Crippen molar-refractivity contribution in [3.63, 3.8) is 0 Å². The summed E-state index contributed by atoms with van der Waals surface area (Å²) in [6.45, 7) is 2.57. The Morgan fingerprint density at radius 2 is 1.57 bits per heavy atom. The minimum absolute atomic E-state index is 0.0358. The second-order valence-electron chi connectivity index (χ2n) is 9.71. The standard InChI is InChI=1S/C33H33N5O2/c1-24(18-26-12-9-13-27(19-26)22-39)36-33-34-17-16-31(37-33)38(2)29-20-30(28-14-7-4-8-15-28)32(35-21-29)40-23-25-10-5-3-6-11-25/h3-17,19-21,24,39H,18,22-23H2,1-2H3,(H,34,36,37). The highest BCUT2D eigenvalue weighted by Crippen LogP contribution is 2.33. The molecular formula is C33H33N5O2. The number of aliphatic hydroxyl groups excluding tert-OH is 1. The number of nitrogens with one attached hydrogen (secondary N) is 1. The van der Waals surface area contributed by atoms with Crippen LogP contribution in [0, 0.1) is 0 Å². The van der Waals surface area contributed by atoms with Gasteiger partial charge in [-0.25, -0.2) is 9.97 Å². The number of nitrogens with zero attached hydrogens (tertiary/aromatic N) is 4. The molecule has 5 aromatic rings. The van der Waals surface area contributed by atoms with Crippen LogP contribution >= 0.6 is 0 Å². The van der Waals surface area contributed by atoms with Gasteiger partial charge in [-0.05, 0) is 47.7 Å². The van der Waals surface area contributed by atoms with Crippen molar-refractivity contribution in [1.82, 2.24) is 15.0 Å². The third kappa shape index (κ3) is 6.81. The van der Waals surface area contributed by atoms with Gasteiger partial charge in [0.15, 0.2) is 0 Å². The Kier molecular flexibility index (Phi) is 8.63. The first-order valence-corrected chi connectivity index (χ1v) is 13.3. The van der Waals surface area contributed by atoms with Crippen molar-refractivity contribution >= 4 is 17.5 Å². The van der Waals surface area contributed by atoms with Crippen LogP contribution in [0.25, 0.3) is 11.1 Å². The highest BCUT2D eigenvalue weighted by Gasteiger charge is 2.15. The lowest BCUT2D eigenvalue weighted by atomic mass is 10.0. The summed E-state index contributed by atoms with van der Waals surface area (Å²) < 4.78 is 6.17. The zero-order valence-electron chi connectivity index (χ0n) is 22.7. The summed E-state index contributed by atoms with van der Waals surface area (Å²) in [5.41, 5.74) is 5.95. The van der Waals surface area contributed by atoms with Gasteiger partial charge in [-0.3, -0.25) is 0 Å². The fourth-order valence-electron chi connectivity index (χ4n) is 4.51. The van der Waals surface area contributed by atoms with Crippen molar-refractivity contribution in [2.45, 2.75) is 32.6 Å². The lowest BCUT2D eigenvalue weighted by Gasteiger charge is -2.21. The molecule has 3 aromatic carbocycles.